The monoisotopic (exact) mass is 254 g/mol. The van der Waals surface area contributed by atoms with Crippen LogP contribution in [0.25, 0.3) is 0 Å². The summed E-state index contributed by atoms with van der Waals surface area (Å²) < 4.78 is 41.0. The number of carbonyl (C=O) groups is 1. The maximum atomic E-state index is 13.4. The molecule has 0 amide bonds. The van der Waals surface area contributed by atoms with Crippen molar-refractivity contribution < 1.29 is 18.0 Å². The Balaban J connectivity index is 2.46. The third-order valence-corrected chi connectivity index (χ3v) is 2.45. The second-order valence-electron chi connectivity index (χ2n) is 3.66. The molecule has 1 aromatic carbocycles. The van der Waals surface area contributed by atoms with Crippen molar-refractivity contribution in [1.29, 1.82) is 0 Å². The van der Waals surface area contributed by atoms with E-state index in [4.69, 9.17) is 0 Å². The van der Waals surface area contributed by atoms with Crippen LogP contribution in [0.3, 0.4) is 0 Å². The summed E-state index contributed by atoms with van der Waals surface area (Å²) in [4.78, 5) is 11.9. The lowest BCUT2D eigenvalue weighted by Gasteiger charge is -2.02. The van der Waals surface area contributed by atoms with Crippen LogP contribution in [0, 0.1) is 17.5 Å². The van der Waals surface area contributed by atoms with E-state index in [1.165, 1.54) is 17.1 Å². The topological polar surface area (TPSA) is 34.9 Å². The van der Waals surface area contributed by atoms with Crippen LogP contribution in [0.2, 0.25) is 0 Å². The van der Waals surface area contributed by atoms with Gasteiger partial charge in [0.1, 0.15) is 17.5 Å². The second kappa shape index (κ2) is 4.64. The van der Waals surface area contributed by atoms with Crippen LogP contribution < -0.4 is 0 Å². The van der Waals surface area contributed by atoms with Crippen molar-refractivity contribution in [3.05, 3.63) is 53.1 Å². The molecule has 2 rings (SSSR count). The number of aromatic nitrogens is 2. The van der Waals surface area contributed by atoms with Gasteiger partial charge < -0.3 is 0 Å². The maximum absolute atomic E-state index is 13.4. The van der Waals surface area contributed by atoms with Crippen LogP contribution >= 0.6 is 0 Å². The number of hydrogen-bond donors (Lipinski definition) is 0. The van der Waals surface area contributed by atoms with E-state index in [1.54, 1.807) is 6.92 Å². The average Bonchev–Trinajstić information content (AvgIpc) is 2.75. The van der Waals surface area contributed by atoms with Gasteiger partial charge in [0, 0.05) is 24.9 Å². The molecule has 0 bridgehead atoms. The van der Waals surface area contributed by atoms with Gasteiger partial charge in [-0.25, -0.2) is 13.2 Å². The lowest BCUT2D eigenvalue weighted by atomic mass is 10.1. The fourth-order valence-corrected chi connectivity index (χ4v) is 1.56. The van der Waals surface area contributed by atoms with E-state index in [-0.39, 0.29) is 5.56 Å². The fourth-order valence-electron chi connectivity index (χ4n) is 1.56. The maximum Gasteiger partial charge on any atom is 0.202 e. The molecule has 94 valence electrons. The number of rotatable bonds is 3. The highest BCUT2D eigenvalue weighted by atomic mass is 19.1. The summed E-state index contributed by atoms with van der Waals surface area (Å²) in [6, 6.07) is 0.946. The summed E-state index contributed by atoms with van der Waals surface area (Å²) >= 11 is 0. The van der Waals surface area contributed by atoms with E-state index < -0.39 is 28.8 Å². The molecule has 1 aromatic heterocycles. The Morgan fingerprint density at radius 2 is 1.89 bits per heavy atom. The first-order valence-corrected chi connectivity index (χ1v) is 5.24. The normalized spacial score (nSPS) is 10.7. The number of ketones is 1. The Bertz CT molecular complexity index is 584. The van der Waals surface area contributed by atoms with Gasteiger partial charge in [-0.15, -0.1) is 0 Å². The summed E-state index contributed by atoms with van der Waals surface area (Å²) in [6.45, 7) is 2.34. The Labute approximate surface area is 101 Å². The number of nitrogens with zero attached hydrogens (tertiary/aromatic N) is 2. The van der Waals surface area contributed by atoms with Crippen LogP contribution in [-0.2, 0) is 6.54 Å². The van der Waals surface area contributed by atoms with Crippen LogP contribution in [0.1, 0.15) is 22.8 Å². The number of benzene rings is 1. The molecular weight excluding hydrogens is 245 g/mol. The van der Waals surface area contributed by atoms with E-state index >= 15 is 0 Å². The third kappa shape index (κ3) is 2.13. The van der Waals surface area contributed by atoms with E-state index in [9.17, 15) is 18.0 Å². The van der Waals surface area contributed by atoms with Crippen molar-refractivity contribution in [1.82, 2.24) is 9.78 Å². The zero-order chi connectivity index (χ0) is 13.3. The Kier molecular flexibility index (Phi) is 3.18. The standard InChI is InChI=1S/C12H9F3N2O/c1-2-17-6-7(5-16-17)12(18)11-9(14)3-8(13)4-10(11)15/h3-6H,2H2,1H3. The van der Waals surface area contributed by atoms with E-state index in [2.05, 4.69) is 5.10 Å². The number of carbonyl (C=O) groups excluding carboxylic acids is 1. The molecule has 2 aromatic rings. The van der Waals surface area contributed by atoms with Gasteiger partial charge in [0.2, 0.25) is 5.78 Å². The minimum Gasteiger partial charge on any atom is -0.288 e. The minimum absolute atomic E-state index is 0.0567. The molecule has 0 aliphatic carbocycles. The first kappa shape index (κ1) is 12.3. The van der Waals surface area contributed by atoms with Crippen LogP contribution in [0.5, 0.6) is 0 Å². The number of halogens is 3. The average molecular weight is 254 g/mol. The molecule has 0 N–H and O–H groups in total. The van der Waals surface area contributed by atoms with Gasteiger partial charge in [0.25, 0.3) is 0 Å². The Hall–Kier alpha value is -2.11. The molecule has 1 heterocycles. The molecule has 0 spiro atoms. The molecule has 0 radical (unpaired) electrons. The van der Waals surface area contributed by atoms with Crippen LogP contribution in [0.4, 0.5) is 13.2 Å². The predicted molar refractivity (Wildman–Crippen MR) is 57.6 cm³/mol. The van der Waals surface area contributed by atoms with Crippen LogP contribution in [-0.4, -0.2) is 15.6 Å². The summed E-state index contributed by atoms with van der Waals surface area (Å²) in [5.41, 5.74) is -0.715. The molecule has 18 heavy (non-hydrogen) atoms. The SMILES string of the molecule is CCn1cc(C(=O)c2c(F)cc(F)cc2F)cn1. The Morgan fingerprint density at radius 1 is 1.28 bits per heavy atom. The highest BCUT2D eigenvalue weighted by Crippen LogP contribution is 2.18. The molecule has 0 atom stereocenters. The number of aryl methyl sites for hydroxylation is 1. The van der Waals surface area contributed by atoms with Gasteiger partial charge in [-0.1, -0.05) is 0 Å². The summed E-state index contributed by atoms with van der Waals surface area (Å²) in [7, 11) is 0. The minimum atomic E-state index is -1.22. The van der Waals surface area contributed by atoms with Gasteiger partial charge in [0.15, 0.2) is 0 Å². The van der Waals surface area contributed by atoms with Crippen molar-refractivity contribution in [2.24, 2.45) is 0 Å². The van der Waals surface area contributed by atoms with Crippen molar-refractivity contribution in [3.63, 3.8) is 0 Å². The lowest BCUT2D eigenvalue weighted by molar-refractivity contribution is 0.103. The van der Waals surface area contributed by atoms with Crippen LogP contribution in [0.15, 0.2) is 24.5 Å². The molecule has 0 aliphatic rings. The summed E-state index contributed by atoms with van der Waals surface area (Å²) in [5.74, 6) is -4.36. The lowest BCUT2D eigenvalue weighted by Crippen LogP contribution is -2.07. The zero-order valence-corrected chi connectivity index (χ0v) is 9.45. The fraction of sp³-hybridized carbons (Fsp3) is 0.167. The van der Waals surface area contributed by atoms with Gasteiger partial charge in [-0.2, -0.15) is 5.10 Å². The molecular formula is C12H9F3N2O. The molecule has 6 heteroatoms. The van der Waals surface area contributed by atoms with Crippen molar-refractivity contribution in [3.8, 4) is 0 Å². The molecule has 0 saturated carbocycles. The first-order chi connectivity index (χ1) is 8.52. The zero-order valence-electron chi connectivity index (χ0n) is 9.45. The van der Waals surface area contributed by atoms with Crippen molar-refractivity contribution in [2.75, 3.05) is 0 Å². The van der Waals surface area contributed by atoms with Gasteiger partial charge >= 0.3 is 0 Å². The largest absolute Gasteiger partial charge is 0.288 e. The van der Waals surface area contributed by atoms with Gasteiger partial charge in [-0.3, -0.25) is 9.48 Å². The molecule has 0 saturated heterocycles. The highest BCUT2D eigenvalue weighted by molar-refractivity contribution is 6.09. The summed E-state index contributed by atoms with van der Waals surface area (Å²) in [5, 5.41) is 3.84. The predicted octanol–water partition coefficient (Wildman–Crippen LogP) is 2.55. The van der Waals surface area contributed by atoms with Gasteiger partial charge in [-0.05, 0) is 6.92 Å². The smallest absolute Gasteiger partial charge is 0.202 e. The third-order valence-electron chi connectivity index (χ3n) is 2.45. The molecule has 3 nitrogen and oxygen atoms in total. The first-order valence-electron chi connectivity index (χ1n) is 5.24. The van der Waals surface area contributed by atoms with Crippen molar-refractivity contribution in [2.45, 2.75) is 13.5 Å². The molecule has 0 unspecified atom stereocenters. The van der Waals surface area contributed by atoms with Gasteiger partial charge in [0.05, 0.1) is 17.3 Å². The second-order valence-corrected chi connectivity index (χ2v) is 3.66. The number of hydrogen-bond acceptors (Lipinski definition) is 2. The summed E-state index contributed by atoms with van der Waals surface area (Å²) in [6.07, 6.45) is 2.60. The quantitative estimate of drug-likeness (QED) is 0.789. The Morgan fingerprint density at radius 3 is 2.39 bits per heavy atom. The molecule has 0 fully saturated rings. The van der Waals surface area contributed by atoms with E-state index in [0.717, 1.165) is 0 Å². The molecule has 0 aliphatic heterocycles. The van der Waals surface area contributed by atoms with E-state index in [1.807, 2.05) is 0 Å². The highest BCUT2D eigenvalue weighted by Gasteiger charge is 2.21. The van der Waals surface area contributed by atoms with E-state index in [0.29, 0.717) is 18.7 Å². The van der Waals surface area contributed by atoms with Crippen molar-refractivity contribution >= 4 is 5.78 Å².